The highest BCUT2D eigenvalue weighted by Crippen LogP contribution is 2.20. The molecule has 268 valence electrons. The average Bonchev–Trinajstić information content (AvgIpc) is 3.07. The van der Waals surface area contributed by atoms with E-state index in [0.29, 0.717) is 13.0 Å². The molecule has 1 rings (SSSR count). The molecule has 46 heavy (non-hydrogen) atoms. The summed E-state index contributed by atoms with van der Waals surface area (Å²) in [5.41, 5.74) is 2.58. The molecular formula is C43H79NO2. The van der Waals surface area contributed by atoms with E-state index in [1.807, 2.05) is 6.92 Å². The van der Waals surface area contributed by atoms with Crippen LogP contribution in [0, 0.1) is 0 Å². The summed E-state index contributed by atoms with van der Waals surface area (Å²) in [5.74, 6) is -0.0937. The first-order chi connectivity index (χ1) is 22.7. The number of benzene rings is 1. The van der Waals surface area contributed by atoms with Crippen molar-refractivity contribution >= 4 is 11.7 Å². The first-order valence-corrected chi connectivity index (χ1v) is 20.7. The molecule has 0 unspecified atom stereocenters. The van der Waals surface area contributed by atoms with Gasteiger partial charge in [0.1, 0.15) is 0 Å². The van der Waals surface area contributed by atoms with Crippen LogP contribution in [0.15, 0.2) is 24.3 Å². The Kier molecular flexibility index (Phi) is 30.9. The van der Waals surface area contributed by atoms with Crippen molar-refractivity contribution in [3.05, 3.63) is 29.8 Å². The van der Waals surface area contributed by atoms with Crippen LogP contribution in [0.3, 0.4) is 0 Å². The molecule has 0 N–H and O–H groups in total. The zero-order valence-corrected chi connectivity index (χ0v) is 31.4. The molecule has 3 nitrogen and oxygen atoms in total. The summed E-state index contributed by atoms with van der Waals surface area (Å²) in [6.07, 6.45) is 40.7. The average molecular weight is 642 g/mol. The SMILES string of the molecule is CCCCCCCCCCCCCCCCN(CCCCCCCCCCCCCCCC)c1ccc(CCC(=O)OCC)cc1. The summed E-state index contributed by atoms with van der Waals surface area (Å²) in [7, 11) is 0. The number of hydrogen-bond donors (Lipinski definition) is 0. The molecule has 0 fully saturated rings. The molecule has 0 radical (unpaired) electrons. The highest BCUT2D eigenvalue weighted by Gasteiger charge is 2.08. The summed E-state index contributed by atoms with van der Waals surface area (Å²) < 4.78 is 5.11. The van der Waals surface area contributed by atoms with E-state index < -0.39 is 0 Å². The van der Waals surface area contributed by atoms with E-state index in [0.717, 1.165) is 6.42 Å². The van der Waals surface area contributed by atoms with Gasteiger partial charge >= 0.3 is 5.97 Å². The Balaban J connectivity index is 2.27. The largest absolute Gasteiger partial charge is 0.466 e. The predicted octanol–water partition coefficient (Wildman–Crippen LogP) is 14.0. The van der Waals surface area contributed by atoms with Crippen LogP contribution in [0.4, 0.5) is 5.69 Å². The van der Waals surface area contributed by atoms with Crippen molar-refractivity contribution in [1.29, 1.82) is 0 Å². The monoisotopic (exact) mass is 642 g/mol. The summed E-state index contributed by atoms with van der Waals surface area (Å²) in [4.78, 5) is 14.4. The fourth-order valence-corrected chi connectivity index (χ4v) is 6.72. The summed E-state index contributed by atoms with van der Waals surface area (Å²) in [6, 6.07) is 9.01. The maximum Gasteiger partial charge on any atom is 0.306 e. The van der Waals surface area contributed by atoms with Gasteiger partial charge in [0.05, 0.1) is 6.61 Å². The molecule has 0 atom stereocenters. The molecule has 0 aliphatic carbocycles. The van der Waals surface area contributed by atoms with Crippen LogP contribution in [-0.4, -0.2) is 25.7 Å². The maximum atomic E-state index is 11.8. The molecule has 0 aromatic heterocycles. The van der Waals surface area contributed by atoms with Gasteiger partial charge in [0, 0.05) is 25.2 Å². The second-order valence-electron chi connectivity index (χ2n) is 14.2. The maximum absolute atomic E-state index is 11.8. The highest BCUT2D eigenvalue weighted by atomic mass is 16.5. The second-order valence-corrected chi connectivity index (χ2v) is 14.2. The quantitative estimate of drug-likeness (QED) is 0.0545. The molecule has 1 aromatic rings. The molecule has 0 heterocycles. The molecule has 0 aliphatic rings. The predicted molar refractivity (Wildman–Crippen MR) is 204 cm³/mol. The molecular weight excluding hydrogens is 562 g/mol. The van der Waals surface area contributed by atoms with E-state index in [1.165, 1.54) is 204 Å². The van der Waals surface area contributed by atoms with Crippen LogP contribution >= 0.6 is 0 Å². The van der Waals surface area contributed by atoms with Crippen molar-refractivity contribution in [3.8, 4) is 0 Å². The van der Waals surface area contributed by atoms with Crippen molar-refractivity contribution in [1.82, 2.24) is 0 Å². The highest BCUT2D eigenvalue weighted by molar-refractivity contribution is 5.69. The fourth-order valence-electron chi connectivity index (χ4n) is 6.72. The van der Waals surface area contributed by atoms with Gasteiger partial charge in [-0.1, -0.05) is 193 Å². The van der Waals surface area contributed by atoms with E-state index in [4.69, 9.17) is 4.74 Å². The number of nitrogens with zero attached hydrogens (tertiary/aromatic N) is 1. The molecule has 0 saturated heterocycles. The number of aryl methyl sites for hydroxylation is 1. The third-order valence-electron chi connectivity index (χ3n) is 9.79. The molecule has 3 heteroatoms. The molecule has 0 amide bonds. The van der Waals surface area contributed by atoms with E-state index >= 15 is 0 Å². The Labute approximate surface area is 288 Å². The van der Waals surface area contributed by atoms with E-state index in [2.05, 4.69) is 43.0 Å². The Morgan fingerprint density at radius 3 is 1.13 bits per heavy atom. The van der Waals surface area contributed by atoms with Crippen molar-refractivity contribution in [3.63, 3.8) is 0 Å². The van der Waals surface area contributed by atoms with Gasteiger partial charge in [-0.2, -0.15) is 0 Å². The number of carbonyl (C=O) groups is 1. The first-order valence-electron chi connectivity index (χ1n) is 20.7. The van der Waals surface area contributed by atoms with Crippen molar-refractivity contribution in [2.75, 3.05) is 24.6 Å². The molecule has 0 saturated carbocycles. The summed E-state index contributed by atoms with van der Waals surface area (Å²) in [5, 5.41) is 0. The Bertz CT molecular complexity index is 729. The number of esters is 1. The lowest BCUT2D eigenvalue weighted by atomic mass is 10.0. The van der Waals surface area contributed by atoms with Crippen LogP contribution in [0.25, 0.3) is 0 Å². The molecule has 0 bridgehead atoms. The third kappa shape index (κ3) is 26.5. The van der Waals surface area contributed by atoms with Crippen LogP contribution in [0.2, 0.25) is 0 Å². The summed E-state index contributed by atoms with van der Waals surface area (Å²) in [6.45, 7) is 9.27. The van der Waals surface area contributed by atoms with Gasteiger partial charge in [-0.3, -0.25) is 4.79 Å². The zero-order chi connectivity index (χ0) is 33.2. The first kappa shape index (κ1) is 42.5. The number of hydrogen-bond acceptors (Lipinski definition) is 3. The Hall–Kier alpha value is -1.51. The normalized spacial score (nSPS) is 11.3. The minimum absolute atomic E-state index is 0.0937. The van der Waals surface area contributed by atoms with Crippen LogP contribution in [0.1, 0.15) is 213 Å². The Morgan fingerprint density at radius 1 is 0.478 bits per heavy atom. The van der Waals surface area contributed by atoms with Gasteiger partial charge in [0.2, 0.25) is 0 Å². The number of unbranched alkanes of at least 4 members (excludes halogenated alkanes) is 26. The number of carbonyl (C=O) groups excluding carboxylic acids is 1. The minimum atomic E-state index is -0.0937. The number of ether oxygens (including phenoxy) is 1. The van der Waals surface area contributed by atoms with E-state index in [-0.39, 0.29) is 5.97 Å². The van der Waals surface area contributed by atoms with Crippen molar-refractivity contribution < 1.29 is 9.53 Å². The van der Waals surface area contributed by atoms with Gasteiger partial charge in [-0.05, 0) is 43.9 Å². The minimum Gasteiger partial charge on any atom is -0.466 e. The number of anilines is 1. The van der Waals surface area contributed by atoms with Crippen LogP contribution in [0.5, 0.6) is 0 Å². The van der Waals surface area contributed by atoms with Crippen LogP contribution < -0.4 is 4.90 Å². The van der Waals surface area contributed by atoms with Gasteiger partial charge in [0.15, 0.2) is 0 Å². The van der Waals surface area contributed by atoms with Gasteiger partial charge in [-0.15, -0.1) is 0 Å². The second kappa shape index (κ2) is 33.4. The van der Waals surface area contributed by atoms with Gasteiger partial charge in [-0.25, -0.2) is 0 Å². The Morgan fingerprint density at radius 2 is 0.804 bits per heavy atom. The topological polar surface area (TPSA) is 29.5 Å². The lowest BCUT2D eigenvalue weighted by molar-refractivity contribution is -0.143. The van der Waals surface area contributed by atoms with E-state index in [1.54, 1.807) is 0 Å². The standard InChI is InChI=1S/C43H79NO2/c1-4-7-9-11-13-15-17-19-21-23-25-27-29-31-39-44(42-36-33-41(34-37-42)35-38-43(45)46-6-3)40-32-30-28-26-24-22-20-18-16-14-12-10-8-5-2/h33-34,36-37H,4-32,35,38-40H2,1-3H3. The molecule has 0 aliphatic heterocycles. The fraction of sp³-hybridized carbons (Fsp3) is 0.837. The third-order valence-corrected chi connectivity index (χ3v) is 9.79. The van der Waals surface area contributed by atoms with Gasteiger partial charge in [0.25, 0.3) is 0 Å². The lowest BCUT2D eigenvalue weighted by Gasteiger charge is -2.25. The number of rotatable bonds is 35. The van der Waals surface area contributed by atoms with Gasteiger partial charge < -0.3 is 9.64 Å². The lowest BCUT2D eigenvalue weighted by Crippen LogP contribution is -2.25. The van der Waals surface area contributed by atoms with E-state index in [9.17, 15) is 4.79 Å². The molecule has 0 spiro atoms. The smallest absolute Gasteiger partial charge is 0.306 e. The summed E-state index contributed by atoms with van der Waals surface area (Å²) >= 11 is 0. The van der Waals surface area contributed by atoms with Crippen molar-refractivity contribution in [2.45, 2.75) is 213 Å². The zero-order valence-electron chi connectivity index (χ0n) is 31.4. The molecule has 1 aromatic carbocycles. The van der Waals surface area contributed by atoms with Crippen LogP contribution in [-0.2, 0) is 16.0 Å². The van der Waals surface area contributed by atoms with Crippen molar-refractivity contribution in [2.24, 2.45) is 0 Å².